The summed E-state index contributed by atoms with van der Waals surface area (Å²) in [4.78, 5) is 16.0. The van der Waals surface area contributed by atoms with Gasteiger partial charge in [0.15, 0.2) is 0 Å². The van der Waals surface area contributed by atoms with E-state index in [0.717, 1.165) is 10.7 Å². The molecule has 2 aromatic heterocycles. The molecule has 0 amide bonds. The van der Waals surface area contributed by atoms with Gasteiger partial charge in [0.25, 0.3) is 5.56 Å². The van der Waals surface area contributed by atoms with Crippen LogP contribution in [0.1, 0.15) is 31.5 Å². The van der Waals surface area contributed by atoms with Crippen molar-refractivity contribution in [1.82, 2.24) is 9.55 Å². The van der Waals surface area contributed by atoms with E-state index in [1.807, 2.05) is 5.38 Å². The average molecular weight is 266 g/mol. The fraction of sp³-hybridized carbons (Fsp3) is 0.385. The maximum absolute atomic E-state index is 13.1. The van der Waals surface area contributed by atoms with Gasteiger partial charge in [-0.2, -0.15) is 0 Å². The van der Waals surface area contributed by atoms with Crippen LogP contribution in [-0.2, 0) is 12.0 Å². The van der Waals surface area contributed by atoms with Crippen LogP contribution in [0.25, 0.3) is 0 Å². The Morgan fingerprint density at radius 1 is 1.39 bits per heavy atom. The third-order valence-electron chi connectivity index (χ3n) is 2.47. The van der Waals surface area contributed by atoms with Crippen LogP contribution < -0.4 is 5.56 Å². The van der Waals surface area contributed by atoms with E-state index in [-0.39, 0.29) is 11.0 Å². The van der Waals surface area contributed by atoms with Gasteiger partial charge in [-0.1, -0.05) is 20.8 Å². The van der Waals surface area contributed by atoms with Crippen molar-refractivity contribution in [2.45, 2.75) is 32.7 Å². The van der Waals surface area contributed by atoms with Crippen LogP contribution in [0, 0.1) is 5.82 Å². The van der Waals surface area contributed by atoms with Gasteiger partial charge in [0, 0.05) is 23.1 Å². The first-order valence-corrected chi connectivity index (χ1v) is 6.55. The average Bonchev–Trinajstić information content (AvgIpc) is 2.71. The maximum Gasteiger partial charge on any atom is 0.251 e. The van der Waals surface area contributed by atoms with Crippen molar-refractivity contribution in [3.8, 4) is 0 Å². The van der Waals surface area contributed by atoms with Gasteiger partial charge in [-0.05, 0) is 6.07 Å². The van der Waals surface area contributed by atoms with Crippen molar-refractivity contribution < 1.29 is 4.39 Å². The third-order valence-corrected chi connectivity index (χ3v) is 3.79. The summed E-state index contributed by atoms with van der Waals surface area (Å²) in [5.41, 5.74) is 0.565. The standard InChI is InChI=1S/C13H15FN2OS/c1-13(2,3)12-15-10(8-18-12)7-16-6-9(14)4-5-11(16)17/h4-6,8H,7H2,1-3H3. The zero-order chi connectivity index (χ0) is 13.3. The van der Waals surface area contributed by atoms with E-state index in [1.165, 1.54) is 22.9 Å². The number of halogens is 1. The second kappa shape index (κ2) is 4.65. The van der Waals surface area contributed by atoms with Crippen LogP contribution in [0.2, 0.25) is 0 Å². The molecule has 5 heteroatoms. The number of thiazole rings is 1. The first-order chi connectivity index (χ1) is 8.36. The Balaban J connectivity index is 2.27. The molecule has 0 aliphatic rings. The lowest BCUT2D eigenvalue weighted by Crippen LogP contribution is -2.20. The Morgan fingerprint density at radius 3 is 2.72 bits per heavy atom. The molecule has 2 rings (SSSR count). The van der Waals surface area contributed by atoms with Crippen LogP contribution in [0.5, 0.6) is 0 Å². The summed E-state index contributed by atoms with van der Waals surface area (Å²) in [6.07, 6.45) is 1.21. The molecule has 0 N–H and O–H groups in total. The van der Waals surface area contributed by atoms with E-state index in [2.05, 4.69) is 25.8 Å². The van der Waals surface area contributed by atoms with Crippen molar-refractivity contribution in [3.05, 3.63) is 50.6 Å². The molecule has 0 radical (unpaired) electrons. The zero-order valence-corrected chi connectivity index (χ0v) is 11.4. The monoisotopic (exact) mass is 266 g/mol. The van der Waals surface area contributed by atoms with Crippen molar-refractivity contribution in [1.29, 1.82) is 0 Å². The molecule has 96 valence electrons. The summed E-state index contributed by atoms with van der Waals surface area (Å²) in [5, 5.41) is 2.93. The molecule has 2 aromatic rings. The fourth-order valence-corrected chi connectivity index (χ4v) is 2.42. The smallest absolute Gasteiger partial charge is 0.251 e. The molecule has 2 heterocycles. The molecule has 0 aromatic carbocycles. The molecule has 0 bridgehead atoms. The SMILES string of the molecule is CC(C)(C)c1nc(Cn2cc(F)ccc2=O)cs1. The lowest BCUT2D eigenvalue weighted by Gasteiger charge is -2.13. The predicted molar refractivity (Wildman–Crippen MR) is 70.6 cm³/mol. The largest absolute Gasteiger partial charge is 0.307 e. The molecule has 0 aliphatic heterocycles. The van der Waals surface area contributed by atoms with Crippen LogP contribution in [0.3, 0.4) is 0 Å². The van der Waals surface area contributed by atoms with Gasteiger partial charge in [0.05, 0.1) is 17.2 Å². The molecule has 0 aliphatic carbocycles. The summed E-state index contributed by atoms with van der Waals surface area (Å²) in [5.74, 6) is -0.416. The number of rotatable bonds is 2. The summed E-state index contributed by atoms with van der Waals surface area (Å²) >= 11 is 1.57. The summed E-state index contributed by atoms with van der Waals surface area (Å²) in [7, 11) is 0. The molecule has 18 heavy (non-hydrogen) atoms. The highest BCUT2D eigenvalue weighted by Gasteiger charge is 2.18. The minimum atomic E-state index is -0.416. The van der Waals surface area contributed by atoms with Crippen molar-refractivity contribution in [2.24, 2.45) is 0 Å². The molecule has 0 fully saturated rings. The Kier molecular flexibility index (Phi) is 3.34. The molecule has 0 unspecified atom stereocenters. The Bertz CT molecular complexity index is 610. The van der Waals surface area contributed by atoms with Crippen LogP contribution >= 0.6 is 11.3 Å². The lowest BCUT2D eigenvalue weighted by molar-refractivity contribution is 0.576. The van der Waals surface area contributed by atoms with Gasteiger partial charge in [-0.25, -0.2) is 9.37 Å². The maximum atomic E-state index is 13.1. The highest BCUT2D eigenvalue weighted by Crippen LogP contribution is 2.25. The number of aromatic nitrogens is 2. The van der Waals surface area contributed by atoms with E-state index < -0.39 is 5.82 Å². The van der Waals surface area contributed by atoms with E-state index in [9.17, 15) is 9.18 Å². The highest BCUT2D eigenvalue weighted by atomic mass is 32.1. The minimum Gasteiger partial charge on any atom is -0.307 e. The third kappa shape index (κ3) is 2.85. The van der Waals surface area contributed by atoms with Crippen molar-refractivity contribution >= 4 is 11.3 Å². The summed E-state index contributed by atoms with van der Waals surface area (Å²) in [6, 6.07) is 2.40. The molecule has 0 atom stereocenters. The number of pyridine rings is 1. The van der Waals surface area contributed by atoms with Crippen molar-refractivity contribution in [3.63, 3.8) is 0 Å². The van der Waals surface area contributed by atoms with Gasteiger partial charge in [-0.15, -0.1) is 11.3 Å². The van der Waals surface area contributed by atoms with Gasteiger partial charge in [0.1, 0.15) is 5.82 Å². The minimum absolute atomic E-state index is 0.00415. The summed E-state index contributed by atoms with van der Waals surface area (Å²) < 4.78 is 14.4. The Labute approximate surface area is 109 Å². The quantitative estimate of drug-likeness (QED) is 0.837. The number of nitrogens with zero attached hydrogens (tertiary/aromatic N) is 2. The van der Waals surface area contributed by atoms with E-state index in [0.29, 0.717) is 6.54 Å². The first-order valence-electron chi connectivity index (χ1n) is 5.67. The van der Waals surface area contributed by atoms with E-state index in [1.54, 1.807) is 11.3 Å². The predicted octanol–water partition coefficient (Wildman–Crippen LogP) is 2.79. The first kappa shape index (κ1) is 13.0. The Morgan fingerprint density at radius 2 is 2.11 bits per heavy atom. The van der Waals surface area contributed by atoms with Gasteiger partial charge in [-0.3, -0.25) is 4.79 Å². The number of hydrogen-bond donors (Lipinski definition) is 0. The second-order valence-electron chi connectivity index (χ2n) is 5.21. The normalized spacial score (nSPS) is 11.8. The summed E-state index contributed by atoms with van der Waals surface area (Å²) in [6.45, 7) is 6.57. The zero-order valence-electron chi connectivity index (χ0n) is 10.6. The van der Waals surface area contributed by atoms with Crippen molar-refractivity contribution in [2.75, 3.05) is 0 Å². The lowest BCUT2D eigenvalue weighted by atomic mass is 9.98. The van der Waals surface area contributed by atoms with Crippen LogP contribution in [-0.4, -0.2) is 9.55 Å². The van der Waals surface area contributed by atoms with Crippen LogP contribution in [0.4, 0.5) is 4.39 Å². The molecule has 3 nitrogen and oxygen atoms in total. The van der Waals surface area contributed by atoms with Crippen LogP contribution in [0.15, 0.2) is 28.5 Å². The highest BCUT2D eigenvalue weighted by molar-refractivity contribution is 7.09. The van der Waals surface area contributed by atoms with E-state index in [4.69, 9.17) is 0 Å². The number of hydrogen-bond acceptors (Lipinski definition) is 3. The topological polar surface area (TPSA) is 34.9 Å². The Hall–Kier alpha value is -1.49. The van der Waals surface area contributed by atoms with Gasteiger partial charge < -0.3 is 4.57 Å². The van der Waals surface area contributed by atoms with Gasteiger partial charge >= 0.3 is 0 Å². The van der Waals surface area contributed by atoms with E-state index >= 15 is 0 Å². The fourth-order valence-electron chi connectivity index (χ4n) is 1.52. The molecule has 0 saturated heterocycles. The van der Waals surface area contributed by atoms with Gasteiger partial charge in [0.2, 0.25) is 0 Å². The molecular formula is C13H15FN2OS. The molecule has 0 spiro atoms. The molecule has 0 saturated carbocycles. The molecular weight excluding hydrogens is 251 g/mol. The second-order valence-corrected chi connectivity index (χ2v) is 6.07.